The second kappa shape index (κ2) is 7.54. The Bertz CT molecular complexity index is 563. The lowest BCUT2D eigenvalue weighted by atomic mass is 9.97. The molecular formula is C18H26N4. The van der Waals surface area contributed by atoms with Crippen LogP contribution in [0.3, 0.4) is 0 Å². The summed E-state index contributed by atoms with van der Waals surface area (Å²) in [7, 11) is 0. The number of aromatic nitrogens is 3. The van der Waals surface area contributed by atoms with Crippen LogP contribution in [0.5, 0.6) is 0 Å². The maximum absolute atomic E-state index is 4.54. The van der Waals surface area contributed by atoms with Crippen molar-refractivity contribution in [2.45, 2.75) is 58.2 Å². The highest BCUT2D eigenvalue weighted by Crippen LogP contribution is 2.22. The van der Waals surface area contributed by atoms with Crippen LogP contribution >= 0.6 is 0 Å². The largest absolute Gasteiger partial charge is 0.334 e. The standard InChI is InChI=1S/C18H26N4/c1-2-21-14-12-20-18(21)15-22-13-6-4-8-17(22)10-9-16-7-3-5-11-19-16/h3,5,7,11-12,14,17H,2,4,6,8-10,13,15H2,1H3/t17-/m0/s1. The Morgan fingerprint density at radius 2 is 2.14 bits per heavy atom. The molecule has 0 aromatic carbocycles. The lowest BCUT2D eigenvalue weighted by molar-refractivity contribution is 0.127. The molecule has 1 atom stereocenters. The minimum atomic E-state index is 0.665. The normalized spacial score (nSPS) is 19.4. The van der Waals surface area contributed by atoms with Crippen molar-refractivity contribution < 1.29 is 0 Å². The fourth-order valence-electron chi connectivity index (χ4n) is 3.42. The van der Waals surface area contributed by atoms with E-state index in [0.717, 1.165) is 19.5 Å². The molecule has 0 bridgehead atoms. The zero-order valence-corrected chi connectivity index (χ0v) is 13.5. The second-order valence-electron chi connectivity index (χ2n) is 6.11. The fourth-order valence-corrected chi connectivity index (χ4v) is 3.42. The zero-order chi connectivity index (χ0) is 15.2. The maximum atomic E-state index is 4.54. The Morgan fingerprint density at radius 1 is 1.18 bits per heavy atom. The third-order valence-corrected chi connectivity index (χ3v) is 4.70. The van der Waals surface area contributed by atoms with Gasteiger partial charge in [0.2, 0.25) is 0 Å². The Morgan fingerprint density at radius 3 is 2.95 bits per heavy atom. The molecule has 4 nitrogen and oxygen atoms in total. The molecule has 0 spiro atoms. The number of hydrogen-bond donors (Lipinski definition) is 0. The van der Waals surface area contributed by atoms with Crippen molar-refractivity contribution in [1.82, 2.24) is 19.4 Å². The molecule has 22 heavy (non-hydrogen) atoms. The zero-order valence-electron chi connectivity index (χ0n) is 13.5. The molecule has 0 amide bonds. The Labute approximate surface area is 133 Å². The van der Waals surface area contributed by atoms with Crippen LogP contribution in [0.25, 0.3) is 0 Å². The van der Waals surface area contributed by atoms with Crippen LogP contribution in [-0.2, 0) is 19.5 Å². The number of hydrogen-bond acceptors (Lipinski definition) is 3. The number of rotatable bonds is 6. The van der Waals surface area contributed by atoms with Crippen molar-refractivity contribution in [2.75, 3.05) is 6.54 Å². The van der Waals surface area contributed by atoms with Crippen LogP contribution in [-0.4, -0.2) is 32.0 Å². The van der Waals surface area contributed by atoms with E-state index in [9.17, 15) is 0 Å². The highest BCUT2D eigenvalue weighted by molar-refractivity contribution is 5.04. The molecule has 3 rings (SSSR count). The van der Waals surface area contributed by atoms with Crippen molar-refractivity contribution in [1.29, 1.82) is 0 Å². The lowest BCUT2D eigenvalue weighted by Crippen LogP contribution is -2.39. The predicted molar refractivity (Wildman–Crippen MR) is 88.5 cm³/mol. The first-order valence-electron chi connectivity index (χ1n) is 8.51. The van der Waals surface area contributed by atoms with Gasteiger partial charge in [0.15, 0.2) is 0 Å². The Balaban J connectivity index is 1.61. The number of likely N-dealkylation sites (tertiary alicyclic amines) is 1. The Hall–Kier alpha value is -1.68. The Kier molecular flexibility index (Phi) is 5.22. The van der Waals surface area contributed by atoms with Crippen molar-refractivity contribution in [2.24, 2.45) is 0 Å². The minimum absolute atomic E-state index is 0.665. The van der Waals surface area contributed by atoms with E-state index in [2.05, 4.69) is 44.7 Å². The summed E-state index contributed by atoms with van der Waals surface area (Å²) in [6.45, 7) is 5.36. The average molecular weight is 298 g/mol. The molecule has 3 heterocycles. The van der Waals surface area contributed by atoms with Crippen LogP contribution in [0.4, 0.5) is 0 Å². The molecule has 0 unspecified atom stereocenters. The minimum Gasteiger partial charge on any atom is -0.334 e. The smallest absolute Gasteiger partial charge is 0.122 e. The molecule has 2 aromatic heterocycles. The van der Waals surface area contributed by atoms with E-state index in [-0.39, 0.29) is 0 Å². The van der Waals surface area contributed by atoms with Crippen LogP contribution in [0.2, 0.25) is 0 Å². The summed E-state index contributed by atoms with van der Waals surface area (Å²) in [5.74, 6) is 1.20. The van der Waals surface area contributed by atoms with Gasteiger partial charge in [0.1, 0.15) is 5.82 Å². The number of aryl methyl sites for hydroxylation is 2. The van der Waals surface area contributed by atoms with Crippen LogP contribution < -0.4 is 0 Å². The summed E-state index contributed by atoms with van der Waals surface area (Å²) < 4.78 is 2.25. The topological polar surface area (TPSA) is 34.0 Å². The van der Waals surface area contributed by atoms with E-state index >= 15 is 0 Å². The molecule has 0 radical (unpaired) electrons. The third kappa shape index (κ3) is 3.74. The van der Waals surface area contributed by atoms with Gasteiger partial charge in [0.05, 0.1) is 6.54 Å². The van der Waals surface area contributed by atoms with E-state index in [0.29, 0.717) is 6.04 Å². The molecule has 1 aliphatic heterocycles. The number of piperidine rings is 1. The van der Waals surface area contributed by atoms with Gasteiger partial charge in [-0.25, -0.2) is 4.98 Å². The first-order valence-corrected chi connectivity index (χ1v) is 8.51. The van der Waals surface area contributed by atoms with Gasteiger partial charge in [0, 0.05) is 36.9 Å². The molecule has 0 N–H and O–H groups in total. The van der Waals surface area contributed by atoms with Gasteiger partial charge < -0.3 is 4.57 Å². The number of pyridine rings is 1. The summed E-state index contributed by atoms with van der Waals surface area (Å²) in [5, 5.41) is 0. The van der Waals surface area contributed by atoms with Crippen molar-refractivity contribution in [3.63, 3.8) is 0 Å². The molecular weight excluding hydrogens is 272 g/mol. The van der Waals surface area contributed by atoms with Crippen LogP contribution in [0.15, 0.2) is 36.8 Å². The van der Waals surface area contributed by atoms with Gasteiger partial charge in [-0.05, 0) is 51.3 Å². The average Bonchev–Trinajstić information content (AvgIpc) is 3.02. The molecule has 1 saturated heterocycles. The van der Waals surface area contributed by atoms with Gasteiger partial charge in [-0.15, -0.1) is 0 Å². The van der Waals surface area contributed by atoms with Gasteiger partial charge in [0.25, 0.3) is 0 Å². The monoisotopic (exact) mass is 298 g/mol. The van der Waals surface area contributed by atoms with E-state index in [1.807, 2.05) is 18.5 Å². The quantitative estimate of drug-likeness (QED) is 0.820. The summed E-state index contributed by atoms with van der Waals surface area (Å²) in [6, 6.07) is 6.87. The van der Waals surface area contributed by atoms with Crippen LogP contribution in [0.1, 0.15) is 44.1 Å². The number of imidazole rings is 1. The van der Waals surface area contributed by atoms with Crippen LogP contribution in [0, 0.1) is 0 Å². The summed E-state index contributed by atoms with van der Waals surface area (Å²) in [4.78, 5) is 11.6. The second-order valence-corrected chi connectivity index (χ2v) is 6.11. The summed E-state index contributed by atoms with van der Waals surface area (Å²) in [6.07, 6.45) is 12.1. The van der Waals surface area contributed by atoms with E-state index in [4.69, 9.17) is 0 Å². The van der Waals surface area contributed by atoms with Gasteiger partial charge in [-0.3, -0.25) is 9.88 Å². The predicted octanol–water partition coefficient (Wildman–Crippen LogP) is 3.29. The molecule has 0 saturated carbocycles. The van der Waals surface area contributed by atoms with Gasteiger partial charge in [-0.1, -0.05) is 12.5 Å². The first kappa shape index (κ1) is 15.2. The molecule has 1 aliphatic rings. The molecule has 2 aromatic rings. The molecule has 118 valence electrons. The summed E-state index contributed by atoms with van der Waals surface area (Å²) in [5.41, 5.74) is 1.21. The highest BCUT2D eigenvalue weighted by Gasteiger charge is 2.23. The first-order chi connectivity index (χ1) is 10.9. The SMILES string of the molecule is CCn1ccnc1CN1CCCC[C@H]1CCc1ccccn1. The molecule has 4 heteroatoms. The summed E-state index contributed by atoms with van der Waals surface area (Å²) >= 11 is 0. The van der Waals surface area contributed by atoms with E-state index in [1.165, 1.54) is 43.7 Å². The van der Waals surface area contributed by atoms with Crippen molar-refractivity contribution in [3.8, 4) is 0 Å². The van der Waals surface area contributed by atoms with E-state index in [1.54, 1.807) is 0 Å². The third-order valence-electron chi connectivity index (χ3n) is 4.70. The van der Waals surface area contributed by atoms with Crippen molar-refractivity contribution in [3.05, 3.63) is 48.3 Å². The van der Waals surface area contributed by atoms with Crippen molar-refractivity contribution >= 4 is 0 Å². The highest BCUT2D eigenvalue weighted by atomic mass is 15.2. The lowest BCUT2D eigenvalue weighted by Gasteiger charge is -2.35. The molecule has 0 aliphatic carbocycles. The van der Waals surface area contributed by atoms with Gasteiger partial charge >= 0.3 is 0 Å². The van der Waals surface area contributed by atoms with Gasteiger partial charge in [-0.2, -0.15) is 0 Å². The van der Waals surface area contributed by atoms with E-state index < -0.39 is 0 Å². The maximum Gasteiger partial charge on any atom is 0.122 e. The number of nitrogens with zero attached hydrogens (tertiary/aromatic N) is 4. The molecule has 1 fully saturated rings. The fraction of sp³-hybridized carbons (Fsp3) is 0.556.